The summed E-state index contributed by atoms with van der Waals surface area (Å²) >= 11 is 0. The Morgan fingerprint density at radius 3 is 2.54 bits per heavy atom. The maximum Gasteiger partial charge on any atom is 0.246 e. The lowest BCUT2D eigenvalue weighted by molar-refractivity contribution is -0.126. The van der Waals surface area contributed by atoms with Gasteiger partial charge in [0.2, 0.25) is 21.8 Å². The molecule has 4 N–H and O–H groups in total. The van der Waals surface area contributed by atoms with Gasteiger partial charge >= 0.3 is 0 Å². The Labute approximate surface area is 160 Å². The lowest BCUT2D eigenvalue weighted by atomic mass is 10.1. The predicted octanol–water partition coefficient (Wildman–Crippen LogP) is 0.00510. The molecule has 2 rings (SSSR count). The molecule has 0 aliphatic carbocycles. The van der Waals surface area contributed by atoms with Crippen molar-refractivity contribution >= 4 is 39.9 Å². The number of hydrogen-bond donors (Lipinski definition) is 3. The van der Waals surface area contributed by atoms with Crippen molar-refractivity contribution in [3.05, 3.63) is 23.8 Å². The van der Waals surface area contributed by atoms with Gasteiger partial charge in [0.25, 0.3) is 0 Å². The molecule has 0 radical (unpaired) electrons. The lowest BCUT2D eigenvalue weighted by Crippen LogP contribution is -2.47. The molecule has 1 aromatic carbocycles. The van der Waals surface area contributed by atoms with E-state index < -0.39 is 16.1 Å². The highest BCUT2D eigenvalue weighted by Gasteiger charge is 2.27. The largest absolute Gasteiger partial charge is 0.346 e. The minimum absolute atomic E-state index is 0. The molecule has 1 heterocycles. The van der Waals surface area contributed by atoms with Crippen molar-refractivity contribution in [1.29, 1.82) is 0 Å². The van der Waals surface area contributed by atoms with E-state index in [-0.39, 0.29) is 41.6 Å². The number of halogens is 1. The van der Waals surface area contributed by atoms with Gasteiger partial charge in [0.05, 0.1) is 17.5 Å². The van der Waals surface area contributed by atoms with E-state index in [9.17, 15) is 18.0 Å². The van der Waals surface area contributed by atoms with Crippen LogP contribution in [0.5, 0.6) is 0 Å². The van der Waals surface area contributed by atoms with Crippen molar-refractivity contribution < 1.29 is 18.0 Å². The minimum Gasteiger partial charge on any atom is -0.346 e. The van der Waals surface area contributed by atoms with Gasteiger partial charge < -0.3 is 16.0 Å². The number of rotatable bonds is 6. The molecule has 1 aliphatic rings. The van der Waals surface area contributed by atoms with Crippen molar-refractivity contribution in [2.24, 2.45) is 11.7 Å². The molecule has 1 aliphatic heterocycles. The number of nitrogens with two attached hydrogens (primary N) is 1. The van der Waals surface area contributed by atoms with Gasteiger partial charge in [-0.25, -0.2) is 13.1 Å². The fourth-order valence-electron chi connectivity index (χ4n) is 2.58. The second kappa shape index (κ2) is 8.81. The first-order valence-corrected chi connectivity index (χ1v) is 9.56. The van der Waals surface area contributed by atoms with Gasteiger partial charge in [0.1, 0.15) is 0 Å². The van der Waals surface area contributed by atoms with E-state index in [1.165, 1.54) is 24.1 Å². The fourth-order valence-corrected chi connectivity index (χ4v) is 3.33. The molecule has 0 fully saturated rings. The van der Waals surface area contributed by atoms with Crippen LogP contribution in [0.4, 0.5) is 5.69 Å². The molecule has 146 valence electrons. The topological polar surface area (TPSA) is 122 Å². The van der Waals surface area contributed by atoms with Crippen molar-refractivity contribution in [1.82, 2.24) is 10.0 Å². The van der Waals surface area contributed by atoms with E-state index in [2.05, 4.69) is 10.0 Å². The molecular weight excluding hydrogens is 380 g/mol. The zero-order valence-corrected chi connectivity index (χ0v) is 16.6. The molecule has 26 heavy (non-hydrogen) atoms. The lowest BCUT2D eigenvalue weighted by Gasteiger charge is -2.20. The van der Waals surface area contributed by atoms with E-state index in [1.807, 2.05) is 13.8 Å². The summed E-state index contributed by atoms with van der Waals surface area (Å²) in [7, 11) is -2.26. The van der Waals surface area contributed by atoms with Gasteiger partial charge in [0, 0.05) is 12.2 Å². The molecule has 0 bridgehead atoms. The van der Waals surface area contributed by atoms with E-state index in [1.54, 1.807) is 6.07 Å². The van der Waals surface area contributed by atoms with Crippen molar-refractivity contribution in [3.63, 3.8) is 0 Å². The number of carbonyl (C=O) groups is 2. The van der Waals surface area contributed by atoms with E-state index in [0.29, 0.717) is 18.7 Å². The van der Waals surface area contributed by atoms with Gasteiger partial charge in [-0.1, -0.05) is 19.9 Å². The van der Waals surface area contributed by atoms with E-state index >= 15 is 0 Å². The number of anilines is 1. The van der Waals surface area contributed by atoms with Crippen LogP contribution in [-0.2, 0) is 26.0 Å². The number of carbonyl (C=O) groups excluding carboxylic acids is 2. The number of fused-ring (bicyclic) bond motifs is 1. The zero-order chi connectivity index (χ0) is 18.8. The molecule has 0 spiro atoms. The monoisotopic (exact) mass is 404 g/mol. The standard InChI is InChI=1S/C16H24N4O4S.ClH/c1-10(2)15(17)16(22)19-9-14(21)20-7-6-11-4-5-12(8-13(11)20)25(23,24)18-3;/h4-5,8,10,15,18H,6-7,9,17H2,1-3H3,(H,19,22);1H/t15-;/m0./s1. The highest BCUT2D eigenvalue weighted by Crippen LogP contribution is 2.30. The minimum atomic E-state index is -3.59. The normalized spacial score (nSPS) is 14.6. The van der Waals surface area contributed by atoms with Crippen LogP contribution in [0.3, 0.4) is 0 Å². The Morgan fingerprint density at radius 1 is 1.31 bits per heavy atom. The third-order valence-corrected chi connectivity index (χ3v) is 5.68. The Bertz CT molecular complexity index is 782. The summed E-state index contributed by atoms with van der Waals surface area (Å²) in [5, 5.41) is 2.54. The summed E-state index contributed by atoms with van der Waals surface area (Å²) < 4.78 is 26.1. The highest BCUT2D eigenvalue weighted by molar-refractivity contribution is 7.89. The third kappa shape index (κ3) is 4.73. The average molecular weight is 405 g/mol. The van der Waals surface area contributed by atoms with E-state index in [4.69, 9.17) is 5.73 Å². The first-order valence-electron chi connectivity index (χ1n) is 8.07. The van der Waals surface area contributed by atoms with E-state index in [0.717, 1.165) is 5.56 Å². The van der Waals surface area contributed by atoms with Gasteiger partial charge in [0.15, 0.2) is 0 Å². The summed E-state index contributed by atoms with van der Waals surface area (Å²) in [5.41, 5.74) is 7.20. The van der Waals surface area contributed by atoms with Gasteiger partial charge in [-0.15, -0.1) is 12.4 Å². The first kappa shape index (κ1) is 22.4. The molecule has 8 nitrogen and oxygen atoms in total. The maximum absolute atomic E-state index is 12.4. The second-order valence-corrected chi connectivity index (χ2v) is 8.17. The predicted molar refractivity (Wildman–Crippen MR) is 102 cm³/mol. The molecule has 0 saturated heterocycles. The van der Waals surface area contributed by atoms with Crippen LogP contribution in [0, 0.1) is 5.92 Å². The molecular formula is C16H25ClN4O4S. The Hall–Kier alpha value is -1.68. The van der Waals surface area contributed by atoms with Crippen LogP contribution in [0.1, 0.15) is 19.4 Å². The van der Waals surface area contributed by atoms with Crippen LogP contribution >= 0.6 is 12.4 Å². The highest BCUT2D eigenvalue weighted by atomic mass is 35.5. The van der Waals surface area contributed by atoms with Crippen LogP contribution in [0.25, 0.3) is 0 Å². The molecule has 0 aromatic heterocycles. The van der Waals surface area contributed by atoms with Crippen LogP contribution in [0.15, 0.2) is 23.1 Å². The van der Waals surface area contributed by atoms with Crippen LogP contribution in [0.2, 0.25) is 0 Å². The van der Waals surface area contributed by atoms with Crippen molar-refractivity contribution in [2.75, 3.05) is 25.0 Å². The average Bonchev–Trinajstić information content (AvgIpc) is 3.01. The molecule has 10 heteroatoms. The molecule has 0 saturated carbocycles. The van der Waals surface area contributed by atoms with Crippen LogP contribution < -0.4 is 20.7 Å². The van der Waals surface area contributed by atoms with Crippen molar-refractivity contribution in [3.8, 4) is 0 Å². The smallest absolute Gasteiger partial charge is 0.246 e. The zero-order valence-electron chi connectivity index (χ0n) is 15.0. The Morgan fingerprint density at radius 2 is 1.96 bits per heavy atom. The summed E-state index contributed by atoms with van der Waals surface area (Å²) in [6.07, 6.45) is 0.639. The quantitative estimate of drug-likeness (QED) is 0.616. The number of nitrogens with one attached hydrogen (secondary N) is 2. The number of benzene rings is 1. The molecule has 1 atom stereocenters. The first-order chi connectivity index (χ1) is 11.7. The number of nitrogens with zero attached hydrogens (tertiary/aromatic N) is 1. The summed E-state index contributed by atoms with van der Waals surface area (Å²) in [5.74, 6) is -0.715. The fraction of sp³-hybridized carbons (Fsp3) is 0.500. The molecule has 0 unspecified atom stereocenters. The number of hydrogen-bond acceptors (Lipinski definition) is 5. The van der Waals surface area contributed by atoms with Crippen molar-refractivity contribution in [2.45, 2.75) is 31.2 Å². The third-order valence-electron chi connectivity index (χ3n) is 4.27. The summed E-state index contributed by atoms with van der Waals surface area (Å²) in [4.78, 5) is 25.9. The molecule has 2 amide bonds. The number of sulfonamides is 1. The molecule has 1 aromatic rings. The van der Waals surface area contributed by atoms with Crippen LogP contribution in [-0.4, -0.2) is 46.4 Å². The maximum atomic E-state index is 12.4. The van der Waals surface area contributed by atoms with Gasteiger partial charge in [-0.2, -0.15) is 0 Å². The Kier molecular flexibility index (Phi) is 7.57. The number of amides is 2. The SMILES string of the molecule is CNS(=O)(=O)c1ccc2c(c1)N(C(=O)CNC(=O)[C@@H](N)C(C)C)CC2.Cl. The van der Waals surface area contributed by atoms with Gasteiger partial charge in [-0.3, -0.25) is 9.59 Å². The van der Waals surface area contributed by atoms with Gasteiger partial charge in [-0.05, 0) is 37.1 Å². The summed E-state index contributed by atoms with van der Waals surface area (Å²) in [6.45, 7) is 3.92. The summed E-state index contributed by atoms with van der Waals surface area (Å²) in [6, 6.07) is 4.03. The second-order valence-electron chi connectivity index (χ2n) is 6.28. The Balaban J connectivity index is 0.00000338.